The maximum Gasteiger partial charge on any atom is 0.409 e. The van der Waals surface area contributed by atoms with Gasteiger partial charge >= 0.3 is 12.2 Å². The normalized spacial score (nSPS) is 19.4. The van der Waals surface area contributed by atoms with E-state index in [-0.39, 0.29) is 12.2 Å². The highest BCUT2D eigenvalue weighted by Crippen LogP contribution is 2.11. The Hall–Kier alpha value is -1.46. The molecule has 21 heavy (non-hydrogen) atoms. The second kappa shape index (κ2) is 8.74. The summed E-state index contributed by atoms with van der Waals surface area (Å²) in [5.74, 6) is 0. The molecule has 2 fully saturated rings. The lowest BCUT2D eigenvalue weighted by Crippen LogP contribution is -2.38. The predicted octanol–water partition coefficient (Wildman–Crippen LogP) is 2.62. The summed E-state index contributed by atoms with van der Waals surface area (Å²) in [7, 11) is 0. The van der Waals surface area contributed by atoms with Gasteiger partial charge in [-0.3, -0.25) is 0 Å². The van der Waals surface area contributed by atoms with E-state index in [9.17, 15) is 9.59 Å². The first-order valence-corrected chi connectivity index (χ1v) is 8.11. The van der Waals surface area contributed by atoms with Crippen LogP contribution >= 0.6 is 0 Å². The van der Waals surface area contributed by atoms with Crippen molar-refractivity contribution in [3.8, 4) is 0 Å². The first-order valence-electron chi connectivity index (χ1n) is 8.11. The van der Waals surface area contributed by atoms with Crippen LogP contribution in [0.25, 0.3) is 0 Å². The Morgan fingerprint density at radius 1 is 0.714 bits per heavy atom. The van der Waals surface area contributed by atoms with Gasteiger partial charge < -0.3 is 19.3 Å². The molecule has 6 nitrogen and oxygen atoms in total. The molecule has 0 aliphatic carbocycles. The Bertz CT molecular complexity index is 317. The van der Waals surface area contributed by atoms with Gasteiger partial charge in [-0.25, -0.2) is 9.59 Å². The summed E-state index contributed by atoms with van der Waals surface area (Å²) in [5, 5.41) is 0. The van der Waals surface area contributed by atoms with Gasteiger partial charge in [0.2, 0.25) is 0 Å². The number of carbonyl (C=O) groups is 2. The van der Waals surface area contributed by atoms with E-state index in [2.05, 4.69) is 0 Å². The molecule has 0 N–H and O–H groups in total. The molecule has 0 aromatic rings. The molecule has 0 radical (unpaired) electrons. The van der Waals surface area contributed by atoms with Gasteiger partial charge in [-0.15, -0.1) is 0 Å². The molecule has 2 aliphatic heterocycles. The topological polar surface area (TPSA) is 59.1 Å². The van der Waals surface area contributed by atoms with Crippen LogP contribution in [0, 0.1) is 0 Å². The SMILES string of the molecule is O=C1OCCCN1CCCCCCCN1CCCOC1=O. The average molecular weight is 298 g/mol. The number of amides is 2. The fourth-order valence-corrected chi connectivity index (χ4v) is 2.74. The van der Waals surface area contributed by atoms with Crippen molar-refractivity contribution in [3.05, 3.63) is 0 Å². The number of nitrogens with zero attached hydrogens (tertiary/aromatic N) is 2. The zero-order valence-corrected chi connectivity index (χ0v) is 12.7. The van der Waals surface area contributed by atoms with E-state index in [4.69, 9.17) is 9.47 Å². The fraction of sp³-hybridized carbons (Fsp3) is 0.867. The average Bonchev–Trinajstić information content (AvgIpc) is 2.50. The molecular weight excluding hydrogens is 272 g/mol. The summed E-state index contributed by atoms with van der Waals surface area (Å²) >= 11 is 0. The third-order valence-corrected chi connectivity index (χ3v) is 3.97. The molecule has 0 atom stereocenters. The lowest BCUT2D eigenvalue weighted by molar-refractivity contribution is 0.0721. The van der Waals surface area contributed by atoms with Gasteiger partial charge in [-0.1, -0.05) is 19.3 Å². The zero-order chi connectivity index (χ0) is 14.9. The van der Waals surface area contributed by atoms with Crippen molar-refractivity contribution in [2.45, 2.75) is 44.9 Å². The number of carbonyl (C=O) groups excluding carboxylic acids is 2. The molecule has 120 valence electrons. The third kappa shape index (κ3) is 5.44. The largest absolute Gasteiger partial charge is 0.449 e. The highest BCUT2D eigenvalue weighted by atomic mass is 16.6. The van der Waals surface area contributed by atoms with Gasteiger partial charge in [0.15, 0.2) is 0 Å². The van der Waals surface area contributed by atoms with Crippen molar-refractivity contribution < 1.29 is 19.1 Å². The van der Waals surface area contributed by atoms with Gasteiger partial charge in [-0.05, 0) is 25.7 Å². The van der Waals surface area contributed by atoms with E-state index in [1.807, 2.05) is 0 Å². The van der Waals surface area contributed by atoms with Crippen molar-refractivity contribution >= 4 is 12.2 Å². The van der Waals surface area contributed by atoms with Crippen molar-refractivity contribution in [2.24, 2.45) is 0 Å². The fourth-order valence-electron chi connectivity index (χ4n) is 2.74. The lowest BCUT2D eigenvalue weighted by atomic mass is 10.1. The maximum absolute atomic E-state index is 11.4. The van der Waals surface area contributed by atoms with Crippen LogP contribution in [-0.2, 0) is 9.47 Å². The van der Waals surface area contributed by atoms with E-state index in [0.717, 1.165) is 71.1 Å². The number of rotatable bonds is 8. The summed E-state index contributed by atoms with van der Waals surface area (Å²) in [6, 6.07) is 0. The zero-order valence-electron chi connectivity index (χ0n) is 12.7. The maximum atomic E-state index is 11.4. The van der Waals surface area contributed by atoms with Gasteiger partial charge in [0.25, 0.3) is 0 Å². The first-order chi connectivity index (χ1) is 10.3. The Kier molecular flexibility index (Phi) is 6.63. The molecule has 2 amide bonds. The summed E-state index contributed by atoms with van der Waals surface area (Å²) in [4.78, 5) is 26.4. The van der Waals surface area contributed by atoms with Crippen LogP contribution in [0.2, 0.25) is 0 Å². The summed E-state index contributed by atoms with van der Waals surface area (Å²) < 4.78 is 10.0. The van der Waals surface area contributed by atoms with Crippen LogP contribution in [0.5, 0.6) is 0 Å². The smallest absolute Gasteiger partial charge is 0.409 e. The highest BCUT2D eigenvalue weighted by Gasteiger charge is 2.19. The summed E-state index contributed by atoms with van der Waals surface area (Å²) in [6.07, 6.45) is 7.00. The van der Waals surface area contributed by atoms with Crippen molar-refractivity contribution in [2.75, 3.05) is 39.4 Å². The molecule has 0 spiro atoms. The van der Waals surface area contributed by atoms with Crippen LogP contribution in [0.4, 0.5) is 9.59 Å². The number of hydrogen-bond acceptors (Lipinski definition) is 4. The van der Waals surface area contributed by atoms with Crippen molar-refractivity contribution in [1.82, 2.24) is 9.80 Å². The van der Waals surface area contributed by atoms with Crippen molar-refractivity contribution in [1.29, 1.82) is 0 Å². The molecule has 0 saturated carbocycles. The standard InChI is InChI=1S/C15H26N2O4/c18-14-16(10-6-12-20-14)8-4-2-1-3-5-9-17-11-7-13-21-15(17)19/h1-13H2. The Morgan fingerprint density at radius 2 is 1.14 bits per heavy atom. The minimum Gasteiger partial charge on any atom is -0.449 e. The summed E-state index contributed by atoms with van der Waals surface area (Å²) in [5.41, 5.74) is 0. The van der Waals surface area contributed by atoms with Gasteiger partial charge in [0.05, 0.1) is 13.2 Å². The minimum absolute atomic E-state index is 0.162. The van der Waals surface area contributed by atoms with E-state index in [0.29, 0.717) is 13.2 Å². The molecule has 2 rings (SSSR count). The Balaban J connectivity index is 1.45. The first kappa shape index (κ1) is 15.9. The van der Waals surface area contributed by atoms with Gasteiger partial charge in [0.1, 0.15) is 0 Å². The van der Waals surface area contributed by atoms with Crippen LogP contribution in [0.15, 0.2) is 0 Å². The van der Waals surface area contributed by atoms with Crippen LogP contribution in [0.3, 0.4) is 0 Å². The van der Waals surface area contributed by atoms with Crippen LogP contribution in [0.1, 0.15) is 44.9 Å². The predicted molar refractivity (Wildman–Crippen MR) is 78.2 cm³/mol. The second-order valence-electron chi connectivity index (χ2n) is 5.68. The van der Waals surface area contributed by atoms with E-state index < -0.39 is 0 Å². The molecule has 0 bridgehead atoms. The van der Waals surface area contributed by atoms with Gasteiger partial charge in [0, 0.05) is 26.2 Å². The Labute approximate surface area is 126 Å². The second-order valence-corrected chi connectivity index (χ2v) is 5.68. The third-order valence-electron chi connectivity index (χ3n) is 3.97. The minimum atomic E-state index is -0.162. The summed E-state index contributed by atoms with van der Waals surface area (Å²) in [6.45, 7) is 4.39. The quantitative estimate of drug-likeness (QED) is 0.646. The molecule has 0 aromatic carbocycles. The Morgan fingerprint density at radius 3 is 1.57 bits per heavy atom. The number of cyclic esters (lactones) is 2. The monoisotopic (exact) mass is 298 g/mol. The van der Waals surface area contributed by atoms with Gasteiger partial charge in [-0.2, -0.15) is 0 Å². The van der Waals surface area contributed by atoms with E-state index in [1.54, 1.807) is 9.80 Å². The number of hydrogen-bond donors (Lipinski definition) is 0. The molecule has 0 unspecified atom stereocenters. The number of unbranched alkanes of at least 4 members (excludes halogenated alkanes) is 4. The van der Waals surface area contributed by atoms with Crippen LogP contribution < -0.4 is 0 Å². The molecule has 6 heteroatoms. The van der Waals surface area contributed by atoms with E-state index >= 15 is 0 Å². The lowest BCUT2D eigenvalue weighted by Gasteiger charge is -2.26. The molecule has 2 heterocycles. The molecular formula is C15H26N2O4. The number of ether oxygens (including phenoxy) is 2. The van der Waals surface area contributed by atoms with Crippen molar-refractivity contribution in [3.63, 3.8) is 0 Å². The highest BCUT2D eigenvalue weighted by molar-refractivity contribution is 5.68. The molecule has 2 aliphatic rings. The van der Waals surface area contributed by atoms with E-state index in [1.165, 1.54) is 0 Å². The van der Waals surface area contributed by atoms with Crippen LogP contribution in [-0.4, -0.2) is 61.4 Å². The molecule has 2 saturated heterocycles. The molecule has 0 aromatic heterocycles.